The fourth-order valence-electron chi connectivity index (χ4n) is 2.92. The van der Waals surface area contributed by atoms with Crippen LogP contribution < -0.4 is 14.8 Å². The molecule has 158 valence electrons. The monoisotopic (exact) mass is 420 g/mol. The van der Waals surface area contributed by atoms with Gasteiger partial charge in [-0.2, -0.15) is 0 Å². The lowest BCUT2D eigenvalue weighted by Gasteiger charge is -2.19. The number of methoxy groups -OCH3 is 2. The number of benzene rings is 2. The maximum atomic E-state index is 12.9. The molecule has 2 aromatic carbocycles. The van der Waals surface area contributed by atoms with E-state index < -0.39 is 10.0 Å². The fourth-order valence-corrected chi connectivity index (χ4v) is 4.13. The SMILES string of the molecule is CCCC(NC(=O)c1ccc(OC)c(S(=O)(=O)NCCOC)c1)c1ccccc1. The van der Waals surface area contributed by atoms with E-state index >= 15 is 0 Å². The third-order valence-corrected chi connectivity index (χ3v) is 5.88. The summed E-state index contributed by atoms with van der Waals surface area (Å²) in [6.07, 6.45) is 1.67. The zero-order chi connectivity index (χ0) is 21.3. The zero-order valence-electron chi connectivity index (χ0n) is 17.0. The molecule has 2 rings (SSSR count). The van der Waals surface area contributed by atoms with Crippen LogP contribution in [0.4, 0.5) is 0 Å². The number of carbonyl (C=O) groups is 1. The number of rotatable bonds is 11. The molecule has 29 heavy (non-hydrogen) atoms. The van der Waals surface area contributed by atoms with Gasteiger partial charge in [0.25, 0.3) is 5.91 Å². The molecule has 0 saturated carbocycles. The van der Waals surface area contributed by atoms with Crippen LogP contribution in [0.3, 0.4) is 0 Å². The normalized spacial score (nSPS) is 12.4. The van der Waals surface area contributed by atoms with E-state index in [-0.39, 0.29) is 41.3 Å². The Kier molecular flexibility index (Phi) is 8.63. The van der Waals surface area contributed by atoms with Gasteiger partial charge in [-0.1, -0.05) is 43.7 Å². The molecule has 0 aliphatic carbocycles. The highest BCUT2D eigenvalue weighted by Gasteiger charge is 2.22. The standard InChI is InChI=1S/C21H28N2O5S/c1-4-8-18(16-9-6-5-7-10-16)23-21(24)17-11-12-19(28-3)20(15-17)29(25,26)22-13-14-27-2/h5-7,9-12,15,18,22H,4,8,13-14H2,1-3H3,(H,23,24). The maximum Gasteiger partial charge on any atom is 0.251 e. The van der Waals surface area contributed by atoms with Crippen molar-refractivity contribution in [3.8, 4) is 5.75 Å². The fraction of sp³-hybridized carbons (Fsp3) is 0.381. The Bertz CT molecular complexity index is 901. The van der Waals surface area contributed by atoms with E-state index in [0.29, 0.717) is 0 Å². The Morgan fingerprint density at radius 2 is 1.83 bits per heavy atom. The Morgan fingerprint density at radius 3 is 2.45 bits per heavy atom. The van der Waals surface area contributed by atoms with Crippen molar-refractivity contribution in [3.05, 3.63) is 59.7 Å². The van der Waals surface area contributed by atoms with Crippen LogP contribution in [0.2, 0.25) is 0 Å². The van der Waals surface area contributed by atoms with E-state index in [9.17, 15) is 13.2 Å². The van der Waals surface area contributed by atoms with Crippen LogP contribution >= 0.6 is 0 Å². The van der Waals surface area contributed by atoms with Gasteiger partial charge < -0.3 is 14.8 Å². The summed E-state index contributed by atoms with van der Waals surface area (Å²) in [7, 11) is -0.987. The zero-order valence-corrected chi connectivity index (χ0v) is 17.8. The topological polar surface area (TPSA) is 93.7 Å². The molecule has 2 N–H and O–H groups in total. The first-order valence-corrected chi connectivity index (χ1v) is 10.9. The highest BCUT2D eigenvalue weighted by atomic mass is 32.2. The molecule has 0 fully saturated rings. The van der Waals surface area contributed by atoms with Gasteiger partial charge in [0.05, 0.1) is 19.8 Å². The molecule has 0 bridgehead atoms. The summed E-state index contributed by atoms with van der Waals surface area (Å²) in [6, 6.07) is 13.9. The summed E-state index contributed by atoms with van der Waals surface area (Å²) in [5.41, 5.74) is 1.25. The van der Waals surface area contributed by atoms with Crippen LogP contribution in [0, 0.1) is 0 Å². The smallest absolute Gasteiger partial charge is 0.251 e. The molecule has 0 radical (unpaired) electrons. The number of hydrogen-bond donors (Lipinski definition) is 2. The second kappa shape index (κ2) is 10.9. The van der Waals surface area contributed by atoms with E-state index in [4.69, 9.17) is 9.47 Å². The molecule has 0 heterocycles. The van der Waals surface area contributed by atoms with E-state index in [0.717, 1.165) is 18.4 Å². The Hall–Kier alpha value is -2.42. The summed E-state index contributed by atoms with van der Waals surface area (Å²) in [6.45, 7) is 2.40. The highest BCUT2D eigenvalue weighted by molar-refractivity contribution is 7.89. The van der Waals surface area contributed by atoms with Crippen molar-refractivity contribution in [1.82, 2.24) is 10.0 Å². The molecule has 0 aliphatic heterocycles. The van der Waals surface area contributed by atoms with Gasteiger partial charge in [0, 0.05) is 19.2 Å². The van der Waals surface area contributed by atoms with Crippen LogP contribution in [0.15, 0.2) is 53.4 Å². The Morgan fingerprint density at radius 1 is 1.10 bits per heavy atom. The third-order valence-electron chi connectivity index (χ3n) is 4.40. The summed E-state index contributed by atoms with van der Waals surface area (Å²) in [5, 5.41) is 3.00. The molecule has 2 aromatic rings. The first-order valence-electron chi connectivity index (χ1n) is 9.45. The molecular weight excluding hydrogens is 392 g/mol. The van der Waals surface area contributed by atoms with Crippen LogP contribution in [0.25, 0.3) is 0 Å². The number of nitrogens with one attached hydrogen (secondary N) is 2. The largest absolute Gasteiger partial charge is 0.495 e. The van der Waals surface area contributed by atoms with Crippen LogP contribution in [-0.4, -0.2) is 41.7 Å². The summed E-state index contributed by atoms with van der Waals surface area (Å²) in [4.78, 5) is 12.8. The Balaban J connectivity index is 2.28. The number of amides is 1. The molecule has 7 nitrogen and oxygen atoms in total. The van der Waals surface area contributed by atoms with Gasteiger partial charge in [0.1, 0.15) is 10.6 Å². The second-order valence-electron chi connectivity index (χ2n) is 6.48. The highest BCUT2D eigenvalue weighted by Crippen LogP contribution is 2.26. The summed E-state index contributed by atoms with van der Waals surface area (Å²) in [5.74, 6) is -0.178. The van der Waals surface area contributed by atoms with Crippen molar-refractivity contribution in [2.45, 2.75) is 30.7 Å². The first kappa shape index (κ1) is 22.9. The van der Waals surface area contributed by atoms with E-state index in [1.165, 1.54) is 26.4 Å². The number of hydrogen-bond acceptors (Lipinski definition) is 5. The van der Waals surface area contributed by atoms with E-state index in [1.807, 2.05) is 37.3 Å². The molecule has 0 aromatic heterocycles. The third kappa shape index (κ3) is 6.28. The van der Waals surface area contributed by atoms with Gasteiger partial charge in [0.2, 0.25) is 10.0 Å². The van der Waals surface area contributed by atoms with Gasteiger partial charge in [-0.05, 0) is 30.2 Å². The minimum absolute atomic E-state index is 0.0875. The maximum absolute atomic E-state index is 12.9. The predicted molar refractivity (Wildman–Crippen MR) is 112 cm³/mol. The van der Waals surface area contributed by atoms with Crippen LogP contribution in [0.5, 0.6) is 5.75 Å². The minimum Gasteiger partial charge on any atom is -0.495 e. The van der Waals surface area contributed by atoms with Crippen molar-refractivity contribution in [3.63, 3.8) is 0 Å². The van der Waals surface area contributed by atoms with Crippen molar-refractivity contribution in [1.29, 1.82) is 0 Å². The van der Waals surface area contributed by atoms with Gasteiger partial charge in [-0.15, -0.1) is 0 Å². The van der Waals surface area contributed by atoms with Crippen molar-refractivity contribution < 1.29 is 22.7 Å². The number of carbonyl (C=O) groups excluding carboxylic acids is 1. The molecule has 1 unspecified atom stereocenters. The van der Waals surface area contributed by atoms with Crippen molar-refractivity contribution >= 4 is 15.9 Å². The average molecular weight is 421 g/mol. The molecule has 8 heteroatoms. The lowest BCUT2D eigenvalue weighted by atomic mass is 10.0. The lowest BCUT2D eigenvalue weighted by Crippen LogP contribution is -2.30. The van der Waals surface area contributed by atoms with Crippen LogP contribution in [0.1, 0.15) is 41.7 Å². The van der Waals surface area contributed by atoms with Crippen LogP contribution in [-0.2, 0) is 14.8 Å². The predicted octanol–water partition coefficient (Wildman–Crippen LogP) is 2.89. The summed E-state index contributed by atoms with van der Waals surface area (Å²) >= 11 is 0. The quantitative estimate of drug-likeness (QED) is 0.545. The lowest BCUT2D eigenvalue weighted by molar-refractivity contribution is 0.0934. The molecule has 0 aliphatic rings. The first-order chi connectivity index (χ1) is 13.9. The Labute approximate surface area is 172 Å². The molecule has 1 atom stereocenters. The minimum atomic E-state index is -3.86. The summed E-state index contributed by atoms with van der Waals surface area (Å²) < 4.78 is 37.8. The number of ether oxygens (including phenoxy) is 2. The average Bonchev–Trinajstić information content (AvgIpc) is 2.73. The number of sulfonamides is 1. The van der Waals surface area contributed by atoms with Gasteiger partial charge in [0.15, 0.2) is 0 Å². The van der Waals surface area contributed by atoms with E-state index in [2.05, 4.69) is 10.0 Å². The van der Waals surface area contributed by atoms with Crippen molar-refractivity contribution in [2.24, 2.45) is 0 Å². The van der Waals surface area contributed by atoms with Crippen molar-refractivity contribution in [2.75, 3.05) is 27.4 Å². The van der Waals surface area contributed by atoms with Gasteiger partial charge >= 0.3 is 0 Å². The molecule has 0 saturated heterocycles. The molecular formula is C21H28N2O5S. The molecule has 0 spiro atoms. The van der Waals surface area contributed by atoms with Gasteiger partial charge in [-0.3, -0.25) is 4.79 Å². The second-order valence-corrected chi connectivity index (χ2v) is 8.22. The van der Waals surface area contributed by atoms with E-state index in [1.54, 1.807) is 6.07 Å². The van der Waals surface area contributed by atoms with Gasteiger partial charge in [-0.25, -0.2) is 13.1 Å². The molecule has 1 amide bonds.